The number of hydrogen-bond acceptors (Lipinski definition) is 4. The lowest BCUT2D eigenvalue weighted by atomic mass is 9.52. The van der Waals surface area contributed by atoms with Crippen molar-refractivity contribution in [2.75, 3.05) is 0 Å². The zero-order valence-corrected chi connectivity index (χ0v) is 15.2. The molecule has 140 valence electrons. The lowest BCUT2D eigenvalue weighted by Gasteiger charge is -2.52. The fourth-order valence-electron chi connectivity index (χ4n) is 3.50. The number of rotatable bonds is 7. The lowest BCUT2D eigenvalue weighted by Crippen LogP contribution is -2.56. The van der Waals surface area contributed by atoms with Crippen LogP contribution in [0.2, 0.25) is 0 Å². The molecule has 1 fully saturated rings. The zero-order chi connectivity index (χ0) is 19.3. The molecule has 0 spiro atoms. The first-order valence-corrected chi connectivity index (χ1v) is 8.60. The maximum absolute atomic E-state index is 12.0. The highest BCUT2D eigenvalue weighted by Crippen LogP contribution is 2.52. The maximum Gasteiger partial charge on any atom is 0.307 e. The lowest BCUT2D eigenvalue weighted by molar-refractivity contribution is -0.160. The van der Waals surface area contributed by atoms with Crippen LogP contribution in [-0.4, -0.2) is 33.9 Å². The van der Waals surface area contributed by atoms with Crippen molar-refractivity contribution in [2.45, 2.75) is 39.8 Å². The molecule has 0 bridgehead atoms. The van der Waals surface area contributed by atoms with Gasteiger partial charge in [0.25, 0.3) is 0 Å². The highest BCUT2D eigenvalue weighted by molar-refractivity contribution is 5.96. The second-order valence-corrected chi connectivity index (χ2v) is 7.26. The number of carbonyl (C=O) groups is 3. The second-order valence-electron chi connectivity index (χ2n) is 7.26. The number of carboxylic acids is 1. The summed E-state index contributed by atoms with van der Waals surface area (Å²) < 4.78 is 0. The van der Waals surface area contributed by atoms with Gasteiger partial charge >= 0.3 is 5.97 Å². The van der Waals surface area contributed by atoms with Crippen molar-refractivity contribution in [3.05, 3.63) is 42.2 Å². The predicted octanol–water partition coefficient (Wildman–Crippen LogP) is 1.51. The predicted molar refractivity (Wildman–Crippen MR) is 95.8 cm³/mol. The summed E-state index contributed by atoms with van der Waals surface area (Å²) in [5, 5.41) is 14.7. The van der Waals surface area contributed by atoms with Crippen molar-refractivity contribution in [3.8, 4) is 0 Å². The molecule has 0 aliphatic heterocycles. The van der Waals surface area contributed by atoms with E-state index in [9.17, 15) is 19.5 Å². The van der Waals surface area contributed by atoms with E-state index in [-0.39, 0.29) is 35.1 Å². The number of pyridine rings is 1. The van der Waals surface area contributed by atoms with E-state index in [1.165, 1.54) is 12.2 Å². The van der Waals surface area contributed by atoms with Crippen LogP contribution in [0.1, 0.15) is 32.8 Å². The topological polar surface area (TPSA) is 108 Å². The van der Waals surface area contributed by atoms with Gasteiger partial charge in [-0.2, -0.15) is 0 Å². The van der Waals surface area contributed by atoms with Gasteiger partial charge in [0.1, 0.15) is 0 Å². The van der Waals surface area contributed by atoms with E-state index in [0.717, 1.165) is 5.56 Å². The van der Waals surface area contributed by atoms with Crippen molar-refractivity contribution in [3.63, 3.8) is 0 Å². The summed E-state index contributed by atoms with van der Waals surface area (Å²) >= 11 is 0. The molecular weight excluding hydrogens is 334 g/mol. The first-order valence-electron chi connectivity index (χ1n) is 8.60. The summed E-state index contributed by atoms with van der Waals surface area (Å²) in [6, 6.07) is 3.42. The molecule has 7 heteroatoms. The molecule has 7 nitrogen and oxygen atoms in total. The van der Waals surface area contributed by atoms with Gasteiger partial charge in [0.2, 0.25) is 11.8 Å². The number of hydrogen-bond donors (Lipinski definition) is 3. The summed E-state index contributed by atoms with van der Waals surface area (Å²) in [6.07, 6.45) is 6.21. The Labute approximate surface area is 152 Å². The van der Waals surface area contributed by atoms with Crippen LogP contribution in [-0.2, 0) is 20.9 Å². The molecule has 1 aromatic rings. The highest BCUT2D eigenvalue weighted by atomic mass is 16.4. The van der Waals surface area contributed by atoms with Gasteiger partial charge in [0.15, 0.2) is 0 Å². The van der Waals surface area contributed by atoms with E-state index in [1.807, 2.05) is 20.8 Å². The zero-order valence-electron chi connectivity index (χ0n) is 15.2. The molecule has 2 amide bonds. The van der Waals surface area contributed by atoms with Gasteiger partial charge in [-0.1, -0.05) is 13.8 Å². The highest BCUT2D eigenvalue weighted by Gasteiger charge is 2.53. The molecule has 26 heavy (non-hydrogen) atoms. The molecule has 3 atom stereocenters. The van der Waals surface area contributed by atoms with E-state index in [2.05, 4.69) is 15.6 Å². The molecule has 1 aliphatic rings. The molecule has 0 saturated heterocycles. The van der Waals surface area contributed by atoms with Crippen molar-refractivity contribution in [1.29, 1.82) is 0 Å². The minimum absolute atomic E-state index is 0.0847. The number of aromatic nitrogens is 1. The minimum atomic E-state index is -0.796. The average molecular weight is 359 g/mol. The van der Waals surface area contributed by atoms with E-state index < -0.39 is 5.97 Å². The van der Waals surface area contributed by atoms with E-state index in [4.69, 9.17) is 0 Å². The molecule has 0 radical (unpaired) electrons. The molecule has 1 saturated carbocycles. The third kappa shape index (κ3) is 4.68. The van der Waals surface area contributed by atoms with Crippen molar-refractivity contribution < 1.29 is 19.5 Å². The molecule has 1 heterocycles. The SMILES string of the molecule is CC(NC(=O)/C=C/C(=O)NCc1ccncc1)[C@@H]1C[C@H](C(=O)O)C1(C)C. The summed E-state index contributed by atoms with van der Waals surface area (Å²) in [7, 11) is 0. The summed E-state index contributed by atoms with van der Waals surface area (Å²) in [5.41, 5.74) is 0.546. The summed E-state index contributed by atoms with van der Waals surface area (Å²) in [5.74, 6) is -1.83. The Morgan fingerprint density at radius 1 is 1.27 bits per heavy atom. The van der Waals surface area contributed by atoms with Crippen LogP contribution >= 0.6 is 0 Å². The number of amides is 2. The Bertz CT molecular complexity index is 700. The number of nitrogens with one attached hydrogen (secondary N) is 2. The quantitative estimate of drug-likeness (QED) is 0.640. The molecule has 0 aromatic carbocycles. The largest absolute Gasteiger partial charge is 0.481 e. The van der Waals surface area contributed by atoms with Gasteiger partial charge < -0.3 is 15.7 Å². The van der Waals surface area contributed by atoms with Crippen LogP contribution in [0.5, 0.6) is 0 Å². The second kappa shape index (κ2) is 8.12. The third-order valence-corrected chi connectivity index (χ3v) is 5.22. The van der Waals surface area contributed by atoms with Crippen LogP contribution in [0.15, 0.2) is 36.7 Å². The third-order valence-electron chi connectivity index (χ3n) is 5.22. The first kappa shape index (κ1) is 19.6. The van der Waals surface area contributed by atoms with Gasteiger partial charge in [-0.25, -0.2) is 0 Å². The van der Waals surface area contributed by atoms with Crippen molar-refractivity contribution in [2.24, 2.45) is 17.3 Å². The summed E-state index contributed by atoms with van der Waals surface area (Å²) in [6.45, 7) is 6.03. The van der Waals surface area contributed by atoms with Gasteiger partial charge in [0, 0.05) is 37.1 Å². The molecule has 1 aromatic heterocycles. The van der Waals surface area contributed by atoms with Crippen molar-refractivity contribution in [1.82, 2.24) is 15.6 Å². The molecule has 1 unspecified atom stereocenters. The van der Waals surface area contributed by atoms with Gasteiger partial charge in [-0.05, 0) is 42.4 Å². The molecular formula is C19H25N3O4. The standard InChI is InChI=1S/C19H25N3O4/c1-12(14-10-15(18(25)26)19(14,2)3)22-17(24)5-4-16(23)21-11-13-6-8-20-9-7-13/h4-9,12,14-15H,10-11H2,1-3H3,(H,21,23)(H,22,24)(H,25,26)/b5-4+/t12?,14-,15+/m0/s1. The fraction of sp³-hybridized carbons (Fsp3) is 0.474. The van der Waals surface area contributed by atoms with Crippen LogP contribution < -0.4 is 10.6 Å². The maximum atomic E-state index is 12.0. The van der Waals surface area contributed by atoms with Crippen LogP contribution in [0.25, 0.3) is 0 Å². The first-order chi connectivity index (χ1) is 12.2. The molecule has 2 rings (SSSR count). The monoisotopic (exact) mass is 359 g/mol. The Kier molecular flexibility index (Phi) is 6.13. The summed E-state index contributed by atoms with van der Waals surface area (Å²) in [4.78, 5) is 38.9. The minimum Gasteiger partial charge on any atom is -0.481 e. The number of carbonyl (C=O) groups excluding carboxylic acids is 2. The molecule has 3 N–H and O–H groups in total. The van der Waals surface area contributed by atoms with Gasteiger partial charge in [0.05, 0.1) is 5.92 Å². The number of aliphatic carboxylic acids is 1. The van der Waals surface area contributed by atoms with Gasteiger partial charge in [-0.15, -0.1) is 0 Å². The van der Waals surface area contributed by atoms with Crippen molar-refractivity contribution >= 4 is 17.8 Å². The smallest absolute Gasteiger partial charge is 0.307 e. The Balaban J connectivity index is 1.78. The van der Waals surface area contributed by atoms with Crippen LogP contribution in [0.4, 0.5) is 0 Å². The average Bonchev–Trinajstić information content (AvgIpc) is 2.57. The molecule has 1 aliphatic carbocycles. The van der Waals surface area contributed by atoms with Gasteiger partial charge in [-0.3, -0.25) is 19.4 Å². The number of carboxylic acid groups (broad SMARTS) is 1. The Morgan fingerprint density at radius 2 is 1.88 bits per heavy atom. The fourth-order valence-corrected chi connectivity index (χ4v) is 3.50. The normalized spacial score (nSPS) is 22.3. The van der Waals surface area contributed by atoms with Crippen LogP contribution in [0, 0.1) is 17.3 Å². The Morgan fingerprint density at radius 3 is 2.46 bits per heavy atom. The number of nitrogens with zero attached hydrogens (tertiary/aromatic N) is 1. The van der Waals surface area contributed by atoms with E-state index in [1.54, 1.807) is 24.5 Å². The van der Waals surface area contributed by atoms with E-state index in [0.29, 0.717) is 13.0 Å². The van der Waals surface area contributed by atoms with Crippen LogP contribution in [0.3, 0.4) is 0 Å². The van der Waals surface area contributed by atoms with E-state index >= 15 is 0 Å². The Hall–Kier alpha value is -2.70.